The van der Waals surface area contributed by atoms with Gasteiger partial charge in [0.05, 0.1) is 12.8 Å². The van der Waals surface area contributed by atoms with Gasteiger partial charge in [-0.25, -0.2) is 4.31 Å². The van der Waals surface area contributed by atoms with Crippen molar-refractivity contribution >= 4 is 27.7 Å². The first-order valence-corrected chi connectivity index (χ1v) is 15.6. The Balaban J connectivity index is 1.75. The van der Waals surface area contributed by atoms with Gasteiger partial charge in [-0.1, -0.05) is 73.5 Å². The zero-order valence-electron chi connectivity index (χ0n) is 24.5. The zero-order valence-corrected chi connectivity index (χ0v) is 25.3. The minimum absolute atomic E-state index is 0.0551. The van der Waals surface area contributed by atoms with Crippen LogP contribution >= 0.6 is 0 Å². The van der Waals surface area contributed by atoms with Gasteiger partial charge in [0.15, 0.2) is 0 Å². The van der Waals surface area contributed by atoms with Crippen LogP contribution in [0, 0.1) is 0 Å². The number of hydrogen-bond donors (Lipinski definition) is 1. The molecule has 0 heterocycles. The number of methoxy groups -OCH3 is 1. The minimum atomic E-state index is -4.03. The summed E-state index contributed by atoms with van der Waals surface area (Å²) in [5.41, 5.74) is 2.01. The average molecular weight is 593 g/mol. The third-order valence-corrected chi connectivity index (χ3v) is 9.34. The Morgan fingerprint density at radius 3 is 2.14 bits per heavy atom. The fraction of sp³-hybridized carbons (Fsp3) is 0.375. The molecule has 3 aromatic carbocycles. The monoisotopic (exact) mass is 592 g/mol. The van der Waals surface area contributed by atoms with Gasteiger partial charge in [0.2, 0.25) is 11.8 Å². The number of ether oxygens (including phenoxy) is 1. The number of amides is 2. The van der Waals surface area contributed by atoms with Crippen molar-refractivity contribution in [1.29, 1.82) is 0 Å². The van der Waals surface area contributed by atoms with Crippen LogP contribution in [-0.4, -0.2) is 69.3 Å². The molecular weight excluding hydrogens is 552 g/mol. The van der Waals surface area contributed by atoms with Crippen molar-refractivity contribution in [1.82, 2.24) is 14.5 Å². The smallest absolute Gasteiger partial charge is 0.304 e. The van der Waals surface area contributed by atoms with Crippen molar-refractivity contribution in [3.05, 3.63) is 96.1 Å². The Hall–Kier alpha value is -3.89. The number of para-hydroxylation sites is 1. The molecule has 0 saturated heterocycles. The highest BCUT2D eigenvalue weighted by Gasteiger charge is 2.35. The highest BCUT2D eigenvalue weighted by atomic mass is 32.2. The molecule has 0 spiro atoms. The zero-order chi connectivity index (χ0) is 30.1. The lowest BCUT2D eigenvalue weighted by Gasteiger charge is -2.35. The first-order valence-electron chi connectivity index (χ1n) is 14.2. The Morgan fingerprint density at radius 2 is 1.52 bits per heavy atom. The number of hydrogen-bond acceptors (Lipinski definition) is 5. The maximum absolute atomic E-state index is 14.3. The van der Waals surface area contributed by atoms with Crippen LogP contribution in [0.3, 0.4) is 0 Å². The van der Waals surface area contributed by atoms with E-state index in [0.717, 1.165) is 45.4 Å². The summed E-state index contributed by atoms with van der Waals surface area (Å²) in [5, 5.41) is 3.18. The Kier molecular flexibility index (Phi) is 10.6. The van der Waals surface area contributed by atoms with E-state index in [0.29, 0.717) is 11.4 Å². The van der Waals surface area contributed by atoms with Crippen LogP contribution in [0.4, 0.5) is 5.69 Å². The van der Waals surface area contributed by atoms with Gasteiger partial charge in [0.25, 0.3) is 0 Å². The van der Waals surface area contributed by atoms with Gasteiger partial charge in [0.1, 0.15) is 18.3 Å². The van der Waals surface area contributed by atoms with E-state index < -0.39 is 28.7 Å². The number of nitrogens with zero attached hydrogens (tertiary/aromatic N) is 3. The van der Waals surface area contributed by atoms with Crippen LogP contribution in [0.5, 0.6) is 5.75 Å². The van der Waals surface area contributed by atoms with Crippen LogP contribution in [0.2, 0.25) is 0 Å². The number of carbonyl (C=O) groups is 2. The normalized spacial score (nSPS) is 14.4. The molecule has 0 unspecified atom stereocenters. The Labute approximate surface area is 249 Å². The third-order valence-electron chi connectivity index (χ3n) is 7.52. The summed E-state index contributed by atoms with van der Waals surface area (Å²) in [4.78, 5) is 29.8. The van der Waals surface area contributed by atoms with E-state index in [1.165, 1.54) is 19.0 Å². The number of nitrogens with one attached hydrogen (secondary N) is 1. The predicted octanol–water partition coefficient (Wildman–Crippen LogP) is 4.01. The van der Waals surface area contributed by atoms with Crippen molar-refractivity contribution in [3.63, 3.8) is 0 Å². The van der Waals surface area contributed by atoms with Crippen molar-refractivity contribution < 1.29 is 22.7 Å². The van der Waals surface area contributed by atoms with Crippen LogP contribution in [0.25, 0.3) is 0 Å². The number of rotatable bonds is 13. The van der Waals surface area contributed by atoms with Gasteiger partial charge in [-0.15, -0.1) is 0 Å². The molecule has 1 aliphatic rings. The van der Waals surface area contributed by atoms with E-state index in [4.69, 9.17) is 4.74 Å². The SMILES string of the molecule is COc1cccc(CN(C(=O)CN(c2ccccc2)S(=O)(=O)N(C)C)[C@@H](Cc2ccccc2)C(=O)NC2CCCC2)c1. The quantitative estimate of drug-likeness (QED) is 0.324. The molecule has 0 aromatic heterocycles. The Morgan fingerprint density at radius 1 is 0.905 bits per heavy atom. The number of anilines is 1. The molecule has 9 nitrogen and oxygen atoms in total. The molecule has 0 bridgehead atoms. The van der Waals surface area contributed by atoms with Crippen molar-refractivity contribution in [2.75, 3.05) is 32.1 Å². The molecule has 0 aliphatic heterocycles. The molecule has 1 atom stereocenters. The average Bonchev–Trinajstić information content (AvgIpc) is 3.51. The van der Waals surface area contributed by atoms with Gasteiger partial charge in [-0.05, 0) is 48.2 Å². The van der Waals surface area contributed by atoms with Crippen LogP contribution < -0.4 is 14.4 Å². The topological polar surface area (TPSA) is 99.3 Å². The first-order chi connectivity index (χ1) is 20.2. The molecule has 2 amide bonds. The van der Waals surface area contributed by atoms with E-state index in [-0.39, 0.29) is 24.9 Å². The van der Waals surface area contributed by atoms with E-state index in [1.54, 1.807) is 37.4 Å². The fourth-order valence-corrected chi connectivity index (χ4v) is 6.26. The second-order valence-corrected chi connectivity index (χ2v) is 12.8. The third kappa shape index (κ3) is 7.89. The number of benzene rings is 3. The minimum Gasteiger partial charge on any atom is -0.497 e. The summed E-state index contributed by atoms with van der Waals surface area (Å²) in [5.74, 6) is -0.116. The van der Waals surface area contributed by atoms with Crippen molar-refractivity contribution in [2.24, 2.45) is 0 Å². The molecule has 4 rings (SSSR count). The molecule has 1 fully saturated rings. The molecule has 1 saturated carbocycles. The molecular formula is C32H40N4O5S. The summed E-state index contributed by atoms with van der Waals surface area (Å²) in [6.07, 6.45) is 4.18. The summed E-state index contributed by atoms with van der Waals surface area (Å²) in [7, 11) is 0.395. The summed E-state index contributed by atoms with van der Waals surface area (Å²) >= 11 is 0. The van der Waals surface area contributed by atoms with Gasteiger partial charge >= 0.3 is 10.2 Å². The van der Waals surface area contributed by atoms with Crippen LogP contribution in [0.1, 0.15) is 36.8 Å². The molecule has 3 aromatic rings. The first kappa shape index (κ1) is 31.1. The van der Waals surface area contributed by atoms with Gasteiger partial charge in [-0.3, -0.25) is 9.59 Å². The van der Waals surface area contributed by atoms with Gasteiger partial charge in [-0.2, -0.15) is 12.7 Å². The second-order valence-electron chi connectivity index (χ2n) is 10.7. The number of carbonyl (C=O) groups excluding carboxylic acids is 2. The van der Waals surface area contributed by atoms with E-state index >= 15 is 0 Å². The van der Waals surface area contributed by atoms with Crippen LogP contribution in [0.15, 0.2) is 84.9 Å². The largest absolute Gasteiger partial charge is 0.497 e. The van der Waals surface area contributed by atoms with Gasteiger partial charge in [0, 0.05) is 33.1 Å². The van der Waals surface area contributed by atoms with E-state index in [9.17, 15) is 18.0 Å². The standard InChI is InChI=1S/C32H40N4O5S/c1-34(2)42(39,40)36(28-18-8-5-9-19-28)24-31(37)35(23-26-15-12-20-29(21-26)41-3)30(22-25-13-6-4-7-14-25)32(38)33-27-16-10-11-17-27/h4-9,12-15,18-21,27,30H,10-11,16-17,22-24H2,1-3H3,(H,33,38)/t30-/m0/s1. The lowest BCUT2D eigenvalue weighted by Crippen LogP contribution is -2.55. The van der Waals surface area contributed by atoms with Crippen molar-refractivity contribution in [2.45, 2.75) is 50.7 Å². The molecule has 10 heteroatoms. The van der Waals surface area contributed by atoms with Crippen molar-refractivity contribution in [3.8, 4) is 5.75 Å². The maximum atomic E-state index is 14.3. The lowest BCUT2D eigenvalue weighted by atomic mass is 10.0. The van der Waals surface area contributed by atoms with E-state index in [1.807, 2.05) is 54.6 Å². The molecule has 1 N–H and O–H groups in total. The van der Waals surface area contributed by atoms with Crippen LogP contribution in [-0.2, 0) is 32.8 Å². The summed E-state index contributed by atoms with van der Waals surface area (Å²) in [6.45, 7) is -0.382. The molecule has 1 aliphatic carbocycles. The van der Waals surface area contributed by atoms with E-state index in [2.05, 4.69) is 5.32 Å². The lowest BCUT2D eigenvalue weighted by molar-refractivity contribution is -0.140. The summed E-state index contributed by atoms with van der Waals surface area (Å²) < 4.78 is 34.5. The predicted molar refractivity (Wildman–Crippen MR) is 164 cm³/mol. The highest BCUT2D eigenvalue weighted by Crippen LogP contribution is 2.24. The highest BCUT2D eigenvalue weighted by molar-refractivity contribution is 7.90. The summed E-state index contributed by atoms with van der Waals surface area (Å²) in [6, 6.07) is 24.6. The Bertz CT molecular complexity index is 1430. The maximum Gasteiger partial charge on any atom is 0.304 e. The fourth-order valence-electron chi connectivity index (χ4n) is 5.20. The molecule has 42 heavy (non-hydrogen) atoms. The van der Waals surface area contributed by atoms with Gasteiger partial charge < -0.3 is 15.0 Å². The second kappa shape index (κ2) is 14.3. The molecule has 224 valence electrons. The molecule has 0 radical (unpaired) electrons.